The smallest absolute Gasteiger partial charge is 0.261 e. The second-order valence-corrected chi connectivity index (χ2v) is 13.8. The van der Waals surface area contributed by atoms with Crippen LogP contribution >= 0.6 is 0 Å². The molecule has 2 aliphatic rings. The maximum atomic E-state index is 10.2. The van der Waals surface area contributed by atoms with Crippen LogP contribution < -0.4 is 10.4 Å². The second-order valence-electron chi connectivity index (χ2n) is 9.54. The Morgan fingerprint density at radius 1 is 0.933 bits per heavy atom. The van der Waals surface area contributed by atoms with Gasteiger partial charge in [-0.25, -0.2) is 0 Å². The monoisotopic (exact) mass is 426 g/mol. The Balaban J connectivity index is 1.53. The van der Waals surface area contributed by atoms with Gasteiger partial charge in [0.1, 0.15) is 6.10 Å². The van der Waals surface area contributed by atoms with E-state index in [4.69, 9.17) is 13.9 Å². The largest absolute Gasteiger partial charge is 0.405 e. The molecule has 4 atom stereocenters. The Morgan fingerprint density at radius 3 is 2.07 bits per heavy atom. The molecule has 2 heterocycles. The van der Waals surface area contributed by atoms with Crippen LogP contribution in [0, 0.1) is 0 Å². The van der Waals surface area contributed by atoms with E-state index < -0.39 is 8.32 Å². The van der Waals surface area contributed by atoms with Gasteiger partial charge in [-0.3, -0.25) is 0 Å². The van der Waals surface area contributed by atoms with Crippen LogP contribution in [0.5, 0.6) is 0 Å². The summed E-state index contributed by atoms with van der Waals surface area (Å²) in [7, 11) is -2.53. The summed E-state index contributed by atoms with van der Waals surface area (Å²) >= 11 is 0. The Labute approximate surface area is 181 Å². The van der Waals surface area contributed by atoms with Crippen LogP contribution in [0.2, 0.25) is 5.04 Å². The lowest BCUT2D eigenvalue weighted by Crippen LogP contribution is -2.66. The summed E-state index contributed by atoms with van der Waals surface area (Å²) in [5.74, 6) is 0. The van der Waals surface area contributed by atoms with E-state index in [0.717, 1.165) is 25.9 Å². The predicted molar refractivity (Wildman–Crippen MR) is 122 cm³/mol. The second kappa shape index (κ2) is 8.93. The average Bonchev–Trinajstić information content (AvgIpc) is 3.49. The molecule has 4 rings (SSSR count). The summed E-state index contributed by atoms with van der Waals surface area (Å²) < 4.78 is 18.7. The molecule has 1 N–H and O–H groups in total. The molecule has 162 valence electrons. The maximum absolute atomic E-state index is 10.2. The Hall–Kier alpha value is -1.50. The Bertz CT molecular complexity index is 765. The normalized spacial score (nSPS) is 27.1. The number of aliphatic hydroxyl groups excluding tert-OH is 1. The van der Waals surface area contributed by atoms with Crippen molar-refractivity contribution in [1.82, 2.24) is 0 Å². The molecule has 0 radical (unpaired) electrons. The summed E-state index contributed by atoms with van der Waals surface area (Å²) in [6, 6.07) is 21.4. The summed E-state index contributed by atoms with van der Waals surface area (Å²) in [5.41, 5.74) is 0. The van der Waals surface area contributed by atoms with Gasteiger partial charge in [0.25, 0.3) is 8.32 Å². The SMILES string of the molecule is CC(C)(C)[Si](OC[C@@H]1O[C@H]1C[C@H]1OCCC[C@@H]1O)(c1ccccc1)c1ccccc1. The maximum Gasteiger partial charge on any atom is 0.261 e. The van der Waals surface area contributed by atoms with Gasteiger partial charge in [-0.2, -0.15) is 0 Å². The molecule has 0 aliphatic carbocycles. The minimum absolute atomic E-state index is 0.0389. The first-order valence-electron chi connectivity index (χ1n) is 11.1. The molecule has 0 spiro atoms. The highest BCUT2D eigenvalue weighted by Gasteiger charge is 2.52. The van der Waals surface area contributed by atoms with Crippen LogP contribution in [0.3, 0.4) is 0 Å². The van der Waals surface area contributed by atoms with Crippen LogP contribution in [0.1, 0.15) is 40.0 Å². The molecule has 2 aliphatic heterocycles. The zero-order chi connectivity index (χ0) is 21.2. The topological polar surface area (TPSA) is 51.2 Å². The molecule has 30 heavy (non-hydrogen) atoms. The lowest BCUT2D eigenvalue weighted by Gasteiger charge is -2.43. The fourth-order valence-corrected chi connectivity index (χ4v) is 9.35. The van der Waals surface area contributed by atoms with E-state index in [1.807, 2.05) is 0 Å². The van der Waals surface area contributed by atoms with E-state index in [2.05, 4.69) is 81.4 Å². The zero-order valence-electron chi connectivity index (χ0n) is 18.3. The molecule has 2 saturated heterocycles. The van der Waals surface area contributed by atoms with Crippen molar-refractivity contribution < 1.29 is 19.0 Å². The van der Waals surface area contributed by atoms with Crippen molar-refractivity contribution in [2.24, 2.45) is 0 Å². The van der Waals surface area contributed by atoms with Crippen LogP contribution in [-0.4, -0.2) is 51.1 Å². The first-order chi connectivity index (χ1) is 14.4. The summed E-state index contributed by atoms with van der Waals surface area (Å²) in [4.78, 5) is 0. The van der Waals surface area contributed by atoms with Crippen LogP contribution in [0.15, 0.2) is 60.7 Å². The van der Waals surface area contributed by atoms with E-state index in [9.17, 15) is 5.11 Å². The number of aliphatic hydroxyl groups is 1. The molecule has 0 saturated carbocycles. The van der Waals surface area contributed by atoms with Crippen molar-refractivity contribution >= 4 is 18.7 Å². The number of epoxide rings is 1. The highest BCUT2D eigenvalue weighted by Crippen LogP contribution is 2.38. The average molecular weight is 427 g/mol. The number of benzene rings is 2. The third-order valence-electron chi connectivity index (χ3n) is 6.44. The van der Waals surface area contributed by atoms with Gasteiger partial charge >= 0.3 is 0 Å². The Morgan fingerprint density at radius 2 is 1.53 bits per heavy atom. The molecule has 4 nitrogen and oxygen atoms in total. The zero-order valence-corrected chi connectivity index (χ0v) is 19.3. The van der Waals surface area contributed by atoms with Crippen molar-refractivity contribution in [1.29, 1.82) is 0 Å². The minimum Gasteiger partial charge on any atom is -0.405 e. The van der Waals surface area contributed by atoms with E-state index in [1.54, 1.807) is 0 Å². The van der Waals surface area contributed by atoms with Crippen molar-refractivity contribution in [2.45, 2.75) is 69.5 Å². The van der Waals surface area contributed by atoms with E-state index in [1.165, 1.54) is 10.4 Å². The molecule has 2 fully saturated rings. The van der Waals surface area contributed by atoms with Gasteiger partial charge in [-0.1, -0.05) is 81.4 Å². The fourth-order valence-electron chi connectivity index (χ4n) is 4.78. The van der Waals surface area contributed by atoms with Crippen LogP contribution in [0.4, 0.5) is 0 Å². The van der Waals surface area contributed by atoms with Crippen molar-refractivity contribution in [3.63, 3.8) is 0 Å². The quantitative estimate of drug-likeness (QED) is 0.545. The number of hydrogen-bond donors (Lipinski definition) is 1. The standard InChI is InChI=1S/C25H34O4Si/c1-25(2,3)30(19-11-6-4-7-12-19,20-13-8-5-9-14-20)28-18-24-23(29-24)17-22-21(26)15-10-16-27-22/h4-9,11-14,21-24,26H,10,15-18H2,1-3H3/t21-,22+,23-,24-/m0/s1. The van der Waals surface area contributed by atoms with Crippen LogP contribution in [-0.2, 0) is 13.9 Å². The van der Waals surface area contributed by atoms with E-state index in [-0.39, 0.29) is 29.5 Å². The number of rotatable bonds is 7. The van der Waals surface area contributed by atoms with E-state index >= 15 is 0 Å². The summed E-state index contributed by atoms with van der Waals surface area (Å²) in [6.45, 7) is 8.17. The molecular formula is C25H34O4Si. The molecule has 2 aromatic carbocycles. The number of ether oxygens (including phenoxy) is 2. The number of hydrogen-bond acceptors (Lipinski definition) is 4. The minimum atomic E-state index is -2.53. The highest BCUT2D eigenvalue weighted by molar-refractivity contribution is 6.99. The molecule has 0 aromatic heterocycles. The third-order valence-corrected chi connectivity index (χ3v) is 11.4. The fraction of sp³-hybridized carbons (Fsp3) is 0.520. The van der Waals surface area contributed by atoms with Gasteiger partial charge in [0.2, 0.25) is 0 Å². The lowest BCUT2D eigenvalue weighted by atomic mass is 10.0. The summed E-state index contributed by atoms with van der Waals surface area (Å²) in [6.07, 6.45) is 2.20. The van der Waals surface area contributed by atoms with Gasteiger partial charge in [-0.15, -0.1) is 0 Å². The molecule has 0 bridgehead atoms. The van der Waals surface area contributed by atoms with Gasteiger partial charge in [-0.05, 0) is 28.3 Å². The third kappa shape index (κ3) is 4.41. The van der Waals surface area contributed by atoms with Crippen molar-refractivity contribution in [3.05, 3.63) is 60.7 Å². The molecule has 0 unspecified atom stereocenters. The predicted octanol–water partition coefficient (Wildman–Crippen LogP) is 3.26. The lowest BCUT2D eigenvalue weighted by molar-refractivity contribution is -0.0791. The first kappa shape index (κ1) is 21.7. The van der Waals surface area contributed by atoms with Gasteiger partial charge < -0.3 is 19.0 Å². The van der Waals surface area contributed by atoms with Crippen molar-refractivity contribution in [2.75, 3.05) is 13.2 Å². The summed E-state index contributed by atoms with van der Waals surface area (Å²) in [5, 5.41) is 12.7. The van der Waals surface area contributed by atoms with Crippen molar-refractivity contribution in [3.8, 4) is 0 Å². The molecule has 0 amide bonds. The first-order valence-corrected chi connectivity index (χ1v) is 13.0. The molecule has 5 heteroatoms. The molecular weight excluding hydrogens is 392 g/mol. The van der Waals surface area contributed by atoms with E-state index in [0.29, 0.717) is 6.61 Å². The Kier molecular flexibility index (Phi) is 6.46. The van der Waals surface area contributed by atoms with Gasteiger partial charge in [0.05, 0.1) is 24.9 Å². The van der Waals surface area contributed by atoms with Crippen LogP contribution in [0.25, 0.3) is 0 Å². The highest BCUT2D eigenvalue weighted by atomic mass is 28.4. The molecule has 2 aromatic rings. The van der Waals surface area contributed by atoms with Gasteiger partial charge in [0.15, 0.2) is 0 Å². The van der Waals surface area contributed by atoms with Gasteiger partial charge in [0, 0.05) is 13.0 Å².